The Kier molecular flexibility index (Phi) is 10.8. The molecule has 3 amide bonds. The van der Waals surface area contributed by atoms with E-state index in [1.54, 1.807) is 32.2 Å². The summed E-state index contributed by atoms with van der Waals surface area (Å²) < 4.78 is 10.7. The van der Waals surface area contributed by atoms with Gasteiger partial charge in [-0.2, -0.15) is 0 Å². The van der Waals surface area contributed by atoms with Crippen molar-refractivity contribution in [3.63, 3.8) is 0 Å². The molecule has 1 atom stereocenters. The number of aryl methyl sites for hydroxylation is 1. The number of benzene rings is 2. The standard InChI is InChI=1S/C30H37ClN6O4S/c1-20-7-6-8-23(15-20)32-30(39)37-14-13-36(18-21(37)2)27-17-26(31)33-29(34-27)42-19-28(38)35(3)12-11-22-9-10-24(40-4)25(16-22)41-5/h6-10,15-17,21H,11-14,18-19H2,1-5H3,(H,32,39). The summed E-state index contributed by atoms with van der Waals surface area (Å²) in [4.78, 5) is 40.4. The average Bonchev–Trinajstić information content (AvgIpc) is 2.98. The highest BCUT2D eigenvalue weighted by Gasteiger charge is 2.29. The fourth-order valence-electron chi connectivity index (χ4n) is 4.69. The van der Waals surface area contributed by atoms with Crippen molar-refractivity contribution in [2.75, 3.05) is 63.4 Å². The van der Waals surface area contributed by atoms with Crippen molar-refractivity contribution in [3.05, 3.63) is 64.8 Å². The molecule has 0 saturated carbocycles. The van der Waals surface area contributed by atoms with E-state index in [-0.39, 0.29) is 23.7 Å². The summed E-state index contributed by atoms with van der Waals surface area (Å²) in [5.41, 5.74) is 2.91. The molecule has 1 unspecified atom stereocenters. The first-order valence-electron chi connectivity index (χ1n) is 13.7. The lowest BCUT2D eigenvalue weighted by atomic mass is 10.1. The Bertz CT molecular complexity index is 1410. The van der Waals surface area contributed by atoms with Gasteiger partial charge in [0.2, 0.25) is 5.91 Å². The molecule has 42 heavy (non-hydrogen) atoms. The highest BCUT2D eigenvalue weighted by Crippen LogP contribution is 2.28. The number of urea groups is 1. The molecule has 2 aromatic carbocycles. The Morgan fingerprint density at radius 2 is 1.88 bits per heavy atom. The molecule has 1 fully saturated rings. The Morgan fingerprint density at radius 3 is 2.60 bits per heavy atom. The molecule has 12 heteroatoms. The van der Waals surface area contributed by atoms with Crippen LogP contribution in [0.1, 0.15) is 18.1 Å². The van der Waals surface area contributed by atoms with Crippen LogP contribution in [0.2, 0.25) is 5.15 Å². The summed E-state index contributed by atoms with van der Waals surface area (Å²) in [6.45, 7) is 6.28. The molecule has 0 spiro atoms. The van der Waals surface area contributed by atoms with E-state index in [0.717, 1.165) is 16.8 Å². The maximum absolute atomic E-state index is 12.9. The summed E-state index contributed by atoms with van der Waals surface area (Å²) in [6, 6.07) is 15.0. The quantitative estimate of drug-likeness (QED) is 0.194. The van der Waals surface area contributed by atoms with E-state index in [2.05, 4.69) is 20.2 Å². The van der Waals surface area contributed by atoms with Crippen LogP contribution in [-0.4, -0.2) is 90.9 Å². The third-order valence-corrected chi connectivity index (χ3v) is 8.10. The number of carbonyl (C=O) groups excluding carboxylic acids is 2. The maximum atomic E-state index is 12.9. The smallest absolute Gasteiger partial charge is 0.322 e. The normalized spacial score (nSPS) is 14.9. The topological polar surface area (TPSA) is 100 Å². The molecule has 0 aliphatic carbocycles. The summed E-state index contributed by atoms with van der Waals surface area (Å²) in [6.07, 6.45) is 0.679. The molecule has 1 aromatic heterocycles. The van der Waals surface area contributed by atoms with Gasteiger partial charge in [0.25, 0.3) is 0 Å². The predicted molar refractivity (Wildman–Crippen MR) is 167 cm³/mol. The van der Waals surface area contributed by atoms with Crippen LogP contribution in [0.4, 0.5) is 16.3 Å². The molecular formula is C30H37ClN6O4S. The fourth-order valence-corrected chi connectivity index (χ4v) is 5.71. The van der Waals surface area contributed by atoms with Crippen molar-refractivity contribution >= 4 is 46.8 Å². The number of hydrogen-bond donors (Lipinski definition) is 1. The Labute approximate surface area is 256 Å². The lowest BCUT2D eigenvalue weighted by molar-refractivity contribution is -0.127. The zero-order chi connectivity index (χ0) is 30.2. The average molecular weight is 613 g/mol. The Balaban J connectivity index is 1.29. The first kappa shape index (κ1) is 31.2. The van der Waals surface area contributed by atoms with Crippen molar-refractivity contribution in [2.45, 2.75) is 31.5 Å². The number of rotatable bonds is 10. The van der Waals surface area contributed by atoms with Gasteiger partial charge in [0.05, 0.1) is 20.0 Å². The largest absolute Gasteiger partial charge is 0.493 e. The minimum Gasteiger partial charge on any atom is -0.493 e. The van der Waals surface area contributed by atoms with Gasteiger partial charge in [0.15, 0.2) is 16.7 Å². The lowest BCUT2D eigenvalue weighted by Crippen LogP contribution is -2.55. The fraction of sp³-hybridized carbons (Fsp3) is 0.400. The monoisotopic (exact) mass is 612 g/mol. The van der Waals surface area contributed by atoms with Gasteiger partial charge in [0, 0.05) is 51.0 Å². The van der Waals surface area contributed by atoms with E-state index in [9.17, 15) is 9.59 Å². The molecule has 0 radical (unpaired) electrons. The van der Waals surface area contributed by atoms with Gasteiger partial charge < -0.3 is 29.5 Å². The molecular weight excluding hydrogens is 576 g/mol. The summed E-state index contributed by atoms with van der Waals surface area (Å²) in [5.74, 6) is 2.16. The van der Waals surface area contributed by atoms with Crippen LogP contribution in [0.15, 0.2) is 53.7 Å². The van der Waals surface area contributed by atoms with E-state index in [1.165, 1.54) is 11.8 Å². The van der Waals surface area contributed by atoms with E-state index in [1.807, 2.05) is 61.2 Å². The molecule has 1 aliphatic heterocycles. The summed E-state index contributed by atoms with van der Waals surface area (Å²) in [5, 5.41) is 3.74. The number of thioether (sulfide) groups is 1. The SMILES string of the molecule is COc1ccc(CCN(C)C(=O)CSc2nc(Cl)cc(N3CCN(C(=O)Nc4cccc(C)c4)C(C)C3)n2)cc1OC. The minimum atomic E-state index is -0.126. The molecule has 1 N–H and O–H groups in total. The van der Waals surface area contributed by atoms with E-state index in [4.69, 9.17) is 21.1 Å². The second kappa shape index (κ2) is 14.5. The third kappa shape index (κ3) is 8.19. The molecule has 0 bridgehead atoms. The van der Waals surface area contributed by atoms with E-state index < -0.39 is 0 Å². The van der Waals surface area contributed by atoms with Gasteiger partial charge in [-0.3, -0.25) is 4.79 Å². The predicted octanol–water partition coefficient (Wildman–Crippen LogP) is 4.99. The van der Waals surface area contributed by atoms with Crippen molar-refractivity contribution in [1.29, 1.82) is 0 Å². The number of carbonyl (C=O) groups is 2. The highest BCUT2D eigenvalue weighted by atomic mass is 35.5. The van der Waals surface area contributed by atoms with Gasteiger partial charge in [0.1, 0.15) is 11.0 Å². The Morgan fingerprint density at radius 1 is 1.10 bits per heavy atom. The van der Waals surface area contributed by atoms with Gasteiger partial charge in [-0.25, -0.2) is 14.8 Å². The van der Waals surface area contributed by atoms with Gasteiger partial charge in [-0.15, -0.1) is 0 Å². The number of halogens is 1. The van der Waals surface area contributed by atoms with Gasteiger partial charge in [-0.05, 0) is 55.7 Å². The summed E-state index contributed by atoms with van der Waals surface area (Å²) >= 11 is 7.60. The van der Waals surface area contributed by atoms with Crippen LogP contribution in [-0.2, 0) is 11.2 Å². The number of aromatic nitrogens is 2. The van der Waals surface area contributed by atoms with Crippen molar-refractivity contribution in [3.8, 4) is 11.5 Å². The number of piperazine rings is 1. The number of hydrogen-bond acceptors (Lipinski definition) is 8. The molecule has 2 heterocycles. The Hall–Kier alpha value is -3.70. The van der Waals surface area contributed by atoms with Crippen molar-refractivity contribution in [1.82, 2.24) is 19.8 Å². The zero-order valence-corrected chi connectivity index (χ0v) is 26.2. The first-order valence-corrected chi connectivity index (χ1v) is 15.0. The van der Waals surface area contributed by atoms with Crippen LogP contribution in [0.5, 0.6) is 11.5 Å². The van der Waals surface area contributed by atoms with Gasteiger partial charge in [-0.1, -0.05) is 41.6 Å². The van der Waals surface area contributed by atoms with Crippen LogP contribution in [0.25, 0.3) is 0 Å². The molecule has 3 aromatic rings. The molecule has 1 saturated heterocycles. The second-order valence-corrected chi connectivity index (χ2v) is 11.5. The maximum Gasteiger partial charge on any atom is 0.322 e. The second-order valence-electron chi connectivity index (χ2n) is 10.2. The van der Waals surface area contributed by atoms with E-state index in [0.29, 0.717) is 60.2 Å². The number of methoxy groups -OCH3 is 2. The number of nitrogens with one attached hydrogen (secondary N) is 1. The minimum absolute atomic E-state index is 0.0348. The number of amides is 3. The van der Waals surface area contributed by atoms with Crippen molar-refractivity contribution in [2.24, 2.45) is 0 Å². The molecule has 224 valence electrons. The van der Waals surface area contributed by atoms with E-state index >= 15 is 0 Å². The number of nitrogens with zero attached hydrogens (tertiary/aromatic N) is 5. The number of anilines is 2. The highest BCUT2D eigenvalue weighted by molar-refractivity contribution is 7.99. The van der Waals surface area contributed by atoms with Gasteiger partial charge >= 0.3 is 6.03 Å². The van der Waals surface area contributed by atoms with Crippen LogP contribution in [0.3, 0.4) is 0 Å². The van der Waals surface area contributed by atoms with Crippen LogP contribution < -0.4 is 19.7 Å². The molecule has 1 aliphatic rings. The lowest BCUT2D eigenvalue weighted by Gasteiger charge is -2.40. The summed E-state index contributed by atoms with van der Waals surface area (Å²) in [7, 11) is 4.98. The third-order valence-electron chi connectivity index (χ3n) is 7.08. The number of ether oxygens (including phenoxy) is 2. The number of likely N-dealkylation sites (N-methyl/N-ethyl adjacent to an activating group) is 1. The van der Waals surface area contributed by atoms with Crippen molar-refractivity contribution < 1.29 is 19.1 Å². The molecule has 10 nitrogen and oxygen atoms in total. The van der Waals surface area contributed by atoms with Crippen LogP contribution in [0, 0.1) is 6.92 Å². The first-order chi connectivity index (χ1) is 20.2. The van der Waals surface area contributed by atoms with Crippen LogP contribution >= 0.6 is 23.4 Å². The molecule has 4 rings (SSSR count). The zero-order valence-electron chi connectivity index (χ0n) is 24.6.